The molecular weight excluding hydrogens is 340 g/mol. The molecule has 0 heterocycles. The maximum atomic E-state index is 11.9. The molecule has 132 valence electrons. The van der Waals surface area contributed by atoms with Crippen LogP contribution in [0, 0.1) is 0 Å². The van der Waals surface area contributed by atoms with E-state index in [4.69, 9.17) is 25.8 Å². The highest BCUT2D eigenvalue weighted by Gasteiger charge is 2.07. The Morgan fingerprint density at radius 3 is 2.44 bits per heavy atom. The van der Waals surface area contributed by atoms with Crippen LogP contribution in [-0.2, 0) is 16.1 Å². The van der Waals surface area contributed by atoms with Crippen LogP contribution in [0.3, 0.4) is 0 Å². The van der Waals surface area contributed by atoms with Gasteiger partial charge in [-0.05, 0) is 41.8 Å². The molecular formula is C20H21ClO4. The number of carbonyl (C=O) groups excluding carboxylic acids is 1. The first-order valence-electron chi connectivity index (χ1n) is 7.94. The van der Waals surface area contributed by atoms with Crippen molar-refractivity contribution in [1.82, 2.24) is 0 Å². The minimum Gasteiger partial charge on any atom is -0.497 e. The molecule has 0 saturated carbocycles. The van der Waals surface area contributed by atoms with Gasteiger partial charge in [0.25, 0.3) is 0 Å². The summed E-state index contributed by atoms with van der Waals surface area (Å²) < 4.78 is 16.0. The highest BCUT2D eigenvalue weighted by Crippen LogP contribution is 2.13. The minimum absolute atomic E-state index is 0.156. The maximum Gasteiger partial charge on any atom is 0.338 e. The highest BCUT2D eigenvalue weighted by molar-refractivity contribution is 6.25. The van der Waals surface area contributed by atoms with Crippen molar-refractivity contribution in [2.75, 3.05) is 20.3 Å². The molecule has 5 heteroatoms. The number of carbonyl (C=O) groups is 1. The number of methoxy groups -OCH3 is 1. The number of halogens is 1. The monoisotopic (exact) mass is 360 g/mol. The molecule has 0 fully saturated rings. The van der Waals surface area contributed by atoms with E-state index < -0.39 is 0 Å². The van der Waals surface area contributed by atoms with E-state index in [1.807, 2.05) is 30.3 Å². The summed E-state index contributed by atoms with van der Waals surface area (Å²) >= 11 is 5.80. The number of ether oxygens (including phenoxy) is 3. The van der Waals surface area contributed by atoms with Crippen LogP contribution in [0.4, 0.5) is 0 Å². The number of hydrogen-bond acceptors (Lipinski definition) is 4. The zero-order valence-corrected chi connectivity index (χ0v) is 14.9. The molecule has 25 heavy (non-hydrogen) atoms. The number of esters is 1. The SMILES string of the molecule is COc1ccc(COCCC(=CCl)COC(=O)c2ccccc2)cc1. The second-order valence-electron chi connectivity index (χ2n) is 5.36. The van der Waals surface area contributed by atoms with Crippen LogP contribution in [0.1, 0.15) is 22.3 Å². The molecule has 0 radical (unpaired) electrons. The Morgan fingerprint density at radius 1 is 1.08 bits per heavy atom. The van der Waals surface area contributed by atoms with E-state index in [1.54, 1.807) is 31.4 Å². The summed E-state index contributed by atoms with van der Waals surface area (Å²) in [7, 11) is 1.64. The lowest BCUT2D eigenvalue weighted by atomic mass is 10.2. The largest absolute Gasteiger partial charge is 0.497 e. The van der Waals surface area contributed by atoms with E-state index in [1.165, 1.54) is 5.54 Å². The Kier molecular flexibility index (Phi) is 8.02. The first-order chi connectivity index (χ1) is 12.2. The molecule has 0 bridgehead atoms. The molecule has 0 saturated heterocycles. The van der Waals surface area contributed by atoms with Crippen molar-refractivity contribution in [3.8, 4) is 5.75 Å². The van der Waals surface area contributed by atoms with Gasteiger partial charge in [0.1, 0.15) is 12.4 Å². The topological polar surface area (TPSA) is 44.8 Å². The number of benzene rings is 2. The quantitative estimate of drug-likeness (QED) is 0.485. The van der Waals surface area contributed by atoms with Gasteiger partial charge in [-0.2, -0.15) is 0 Å². The van der Waals surface area contributed by atoms with Crippen LogP contribution in [0.15, 0.2) is 65.7 Å². The van der Waals surface area contributed by atoms with Gasteiger partial charge >= 0.3 is 5.97 Å². The van der Waals surface area contributed by atoms with Gasteiger partial charge < -0.3 is 14.2 Å². The van der Waals surface area contributed by atoms with Crippen LogP contribution >= 0.6 is 11.6 Å². The molecule has 0 aliphatic carbocycles. The van der Waals surface area contributed by atoms with Crippen LogP contribution in [0.2, 0.25) is 0 Å². The van der Waals surface area contributed by atoms with Gasteiger partial charge in [-0.3, -0.25) is 0 Å². The lowest BCUT2D eigenvalue weighted by Crippen LogP contribution is -2.09. The summed E-state index contributed by atoms with van der Waals surface area (Å²) in [4.78, 5) is 11.9. The van der Waals surface area contributed by atoms with Crippen molar-refractivity contribution >= 4 is 17.6 Å². The molecule has 0 spiro atoms. The van der Waals surface area contributed by atoms with Crippen LogP contribution in [0.25, 0.3) is 0 Å². The molecule has 0 aliphatic rings. The van der Waals surface area contributed by atoms with Gasteiger partial charge in [0.05, 0.1) is 25.9 Å². The summed E-state index contributed by atoms with van der Waals surface area (Å²) in [5.41, 5.74) is 3.83. The Balaban J connectivity index is 1.68. The summed E-state index contributed by atoms with van der Waals surface area (Å²) in [6.07, 6.45) is 0.599. The molecule has 0 aromatic heterocycles. The molecule has 2 rings (SSSR count). The van der Waals surface area contributed by atoms with E-state index in [2.05, 4.69) is 0 Å². The van der Waals surface area contributed by atoms with E-state index in [0.29, 0.717) is 25.2 Å². The highest BCUT2D eigenvalue weighted by atomic mass is 35.5. The first kappa shape index (κ1) is 19.0. The first-order valence-corrected chi connectivity index (χ1v) is 8.37. The van der Waals surface area contributed by atoms with Crippen molar-refractivity contribution in [2.45, 2.75) is 13.0 Å². The molecule has 0 amide bonds. The van der Waals surface area contributed by atoms with E-state index in [9.17, 15) is 4.79 Å². The number of hydrogen-bond donors (Lipinski definition) is 0. The van der Waals surface area contributed by atoms with Gasteiger partial charge in [0.15, 0.2) is 0 Å². The second kappa shape index (κ2) is 10.5. The molecule has 0 atom stereocenters. The molecule has 2 aromatic carbocycles. The Bertz CT molecular complexity index is 681. The number of rotatable bonds is 9. The summed E-state index contributed by atoms with van der Waals surface area (Å²) in [6.45, 7) is 1.15. The fraction of sp³-hybridized carbons (Fsp3) is 0.250. The van der Waals surface area contributed by atoms with Gasteiger partial charge in [-0.25, -0.2) is 4.79 Å². The van der Waals surface area contributed by atoms with Gasteiger partial charge in [0.2, 0.25) is 0 Å². The summed E-state index contributed by atoms with van der Waals surface area (Å²) in [5, 5.41) is 0. The van der Waals surface area contributed by atoms with Crippen LogP contribution < -0.4 is 4.74 Å². The van der Waals surface area contributed by atoms with E-state index in [0.717, 1.165) is 16.9 Å². The Labute approximate surface area is 153 Å². The van der Waals surface area contributed by atoms with Crippen molar-refractivity contribution < 1.29 is 19.0 Å². The average molecular weight is 361 g/mol. The lowest BCUT2D eigenvalue weighted by Gasteiger charge is -2.09. The Morgan fingerprint density at radius 2 is 1.80 bits per heavy atom. The maximum absolute atomic E-state index is 11.9. The third-order valence-electron chi connectivity index (χ3n) is 3.55. The standard InChI is InChI=1S/C20H21ClO4/c1-23-19-9-7-16(8-10-19)14-24-12-11-17(13-21)15-25-20(22)18-5-3-2-4-6-18/h2-10,13H,11-12,14-15H2,1H3. The third-order valence-corrected chi connectivity index (χ3v) is 3.86. The molecule has 2 aromatic rings. The predicted molar refractivity (Wildman–Crippen MR) is 97.9 cm³/mol. The van der Waals surface area contributed by atoms with Crippen molar-refractivity contribution in [1.29, 1.82) is 0 Å². The van der Waals surface area contributed by atoms with Crippen LogP contribution in [0.5, 0.6) is 5.75 Å². The smallest absolute Gasteiger partial charge is 0.338 e. The normalized spacial score (nSPS) is 11.2. The fourth-order valence-corrected chi connectivity index (χ4v) is 2.26. The van der Waals surface area contributed by atoms with Crippen molar-refractivity contribution in [3.05, 3.63) is 76.8 Å². The fourth-order valence-electron chi connectivity index (χ4n) is 2.09. The van der Waals surface area contributed by atoms with Gasteiger partial charge in [-0.15, -0.1) is 0 Å². The minimum atomic E-state index is -0.365. The van der Waals surface area contributed by atoms with Gasteiger partial charge in [-0.1, -0.05) is 41.9 Å². The Hall–Kier alpha value is -2.30. The molecule has 4 nitrogen and oxygen atoms in total. The summed E-state index contributed by atoms with van der Waals surface area (Å²) in [6, 6.07) is 16.6. The lowest BCUT2D eigenvalue weighted by molar-refractivity contribution is 0.0529. The van der Waals surface area contributed by atoms with Crippen molar-refractivity contribution in [3.63, 3.8) is 0 Å². The molecule has 0 unspecified atom stereocenters. The molecule has 0 aliphatic heterocycles. The predicted octanol–water partition coefficient (Wildman–Crippen LogP) is 4.58. The average Bonchev–Trinajstić information content (AvgIpc) is 2.68. The van der Waals surface area contributed by atoms with Gasteiger partial charge in [0, 0.05) is 5.54 Å². The van der Waals surface area contributed by atoms with E-state index >= 15 is 0 Å². The van der Waals surface area contributed by atoms with E-state index in [-0.39, 0.29) is 12.6 Å². The van der Waals surface area contributed by atoms with Crippen LogP contribution in [-0.4, -0.2) is 26.3 Å². The summed E-state index contributed by atoms with van der Waals surface area (Å²) in [5.74, 6) is 0.451. The van der Waals surface area contributed by atoms with Crippen molar-refractivity contribution in [2.24, 2.45) is 0 Å². The zero-order chi connectivity index (χ0) is 17.9. The molecule has 0 N–H and O–H groups in total. The zero-order valence-electron chi connectivity index (χ0n) is 14.1. The second-order valence-corrected chi connectivity index (χ2v) is 5.58. The third kappa shape index (κ3) is 6.61.